The van der Waals surface area contributed by atoms with Crippen molar-refractivity contribution in [3.05, 3.63) is 33.2 Å². The number of alkyl halides is 3. The molecule has 1 aliphatic rings. The van der Waals surface area contributed by atoms with Crippen LogP contribution in [0.5, 0.6) is 0 Å². The van der Waals surface area contributed by atoms with Crippen LogP contribution >= 0.6 is 0 Å². The molecule has 0 bridgehead atoms. The highest BCUT2D eigenvalue weighted by Gasteiger charge is 2.34. The molecule has 0 saturated carbocycles. The fourth-order valence-electron chi connectivity index (χ4n) is 2.64. The van der Waals surface area contributed by atoms with Gasteiger partial charge in [-0.3, -0.25) is 14.4 Å². The van der Waals surface area contributed by atoms with Crippen LogP contribution in [0.25, 0.3) is 0 Å². The van der Waals surface area contributed by atoms with E-state index in [4.69, 9.17) is 0 Å². The van der Waals surface area contributed by atoms with Gasteiger partial charge < -0.3 is 9.88 Å². The summed E-state index contributed by atoms with van der Waals surface area (Å²) in [6, 6.07) is 1.14. The maximum atomic E-state index is 12.6. The summed E-state index contributed by atoms with van der Waals surface area (Å²) >= 11 is 0. The molecule has 1 amide bonds. The second kappa shape index (κ2) is 6.55. The summed E-state index contributed by atoms with van der Waals surface area (Å²) < 4.78 is 37.8. The number of ketones is 1. The lowest BCUT2D eigenvalue weighted by Crippen LogP contribution is -2.41. The molecule has 0 spiro atoms. The molecule has 1 N–H and O–H groups in total. The molecule has 8 heteroatoms. The maximum Gasteiger partial charge on any atom is 0.406 e. The van der Waals surface area contributed by atoms with Crippen LogP contribution in [0.4, 0.5) is 13.2 Å². The summed E-state index contributed by atoms with van der Waals surface area (Å²) in [4.78, 5) is 39.3. The standard InChI is InChI=1S/C15H17F3N2O3/c1-2-6-20(8-15(16,17)18)14(23)10-7-9-11(19-13(10)22)4-3-5-12(9)21/h7H,2-6,8H2,1H3,(H,19,22). The van der Waals surface area contributed by atoms with Crippen molar-refractivity contribution >= 4 is 11.7 Å². The molecule has 0 aliphatic heterocycles. The summed E-state index contributed by atoms with van der Waals surface area (Å²) in [5.74, 6) is -1.22. The Morgan fingerprint density at radius 3 is 2.61 bits per heavy atom. The first kappa shape index (κ1) is 17.2. The summed E-state index contributed by atoms with van der Waals surface area (Å²) in [5, 5.41) is 0. The number of halogens is 3. The molecule has 1 heterocycles. The number of carbonyl (C=O) groups is 2. The lowest BCUT2D eigenvalue weighted by atomic mass is 9.93. The van der Waals surface area contributed by atoms with Gasteiger partial charge in [0.05, 0.1) is 0 Å². The Morgan fingerprint density at radius 1 is 1.30 bits per heavy atom. The molecule has 0 fully saturated rings. The van der Waals surface area contributed by atoms with Crippen molar-refractivity contribution in [1.29, 1.82) is 0 Å². The van der Waals surface area contributed by atoms with Gasteiger partial charge in [-0.15, -0.1) is 0 Å². The number of Topliss-reactive ketones (excluding diaryl/α,β-unsaturated/α-hetero) is 1. The SMILES string of the molecule is CCCN(CC(F)(F)F)C(=O)c1cc2c([nH]c1=O)CCCC2=O. The monoisotopic (exact) mass is 330 g/mol. The highest BCUT2D eigenvalue weighted by Crippen LogP contribution is 2.21. The van der Waals surface area contributed by atoms with Gasteiger partial charge >= 0.3 is 6.18 Å². The van der Waals surface area contributed by atoms with E-state index in [0.29, 0.717) is 36.3 Å². The first-order valence-corrected chi connectivity index (χ1v) is 7.38. The normalized spacial score (nSPS) is 14.5. The predicted octanol–water partition coefficient (Wildman–Crippen LogP) is 2.31. The van der Waals surface area contributed by atoms with Gasteiger partial charge in [0.1, 0.15) is 12.1 Å². The van der Waals surface area contributed by atoms with Crippen molar-refractivity contribution in [2.24, 2.45) is 0 Å². The number of amides is 1. The zero-order chi connectivity index (χ0) is 17.2. The summed E-state index contributed by atoms with van der Waals surface area (Å²) in [6.45, 7) is 0.0875. The molecule has 0 saturated heterocycles. The van der Waals surface area contributed by atoms with Gasteiger partial charge in [-0.05, 0) is 25.3 Å². The zero-order valence-electron chi connectivity index (χ0n) is 12.6. The average molecular weight is 330 g/mol. The van der Waals surface area contributed by atoms with Crippen LogP contribution < -0.4 is 5.56 Å². The van der Waals surface area contributed by atoms with E-state index >= 15 is 0 Å². The molecule has 1 aliphatic carbocycles. The Kier molecular flexibility index (Phi) is 4.91. The fraction of sp³-hybridized carbons (Fsp3) is 0.533. The van der Waals surface area contributed by atoms with Crippen LogP contribution in [0.2, 0.25) is 0 Å². The van der Waals surface area contributed by atoms with Crippen molar-refractivity contribution in [2.75, 3.05) is 13.1 Å². The lowest BCUT2D eigenvalue weighted by molar-refractivity contribution is -0.140. The van der Waals surface area contributed by atoms with Crippen LogP contribution in [0, 0.1) is 0 Å². The second-order valence-electron chi connectivity index (χ2n) is 5.52. The minimum Gasteiger partial charge on any atom is -0.329 e. The molecule has 1 aromatic heterocycles. The molecule has 0 unspecified atom stereocenters. The number of aromatic amines is 1. The number of carbonyl (C=O) groups excluding carboxylic acids is 2. The molecule has 2 rings (SSSR count). The van der Waals surface area contributed by atoms with Gasteiger partial charge in [0.15, 0.2) is 5.78 Å². The Balaban J connectivity index is 2.39. The van der Waals surface area contributed by atoms with Crippen molar-refractivity contribution in [3.8, 4) is 0 Å². The number of pyridine rings is 1. The molecule has 0 aromatic carbocycles. The number of nitrogens with zero attached hydrogens (tertiary/aromatic N) is 1. The summed E-state index contributed by atoms with van der Waals surface area (Å²) in [5.41, 5.74) is -0.508. The van der Waals surface area contributed by atoms with Crippen molar-refractivity contribution in [1.82, 2.24) is 9.88 Å². The minimum atomic E-state index is -4.55. The third-order valence-electron chi connectivity index (χ3n) is 3.64. The van der Waals surface area contributed by atoms with Crippen LogP contribution in [-0.2, 0) is 6.42 Å². The number of hydrogen-bond acceptors (Lipinski definition) is 3. The predicted molar refractivity (Wildman–Crippen MR) is 76.6 cm³/mol. The molecule has 1 aromatic rings. The van der Waals surface area contributed by atoms with Crippen LogP contribution in [0.1, 0.15) is 52.6 Å². The van der Waals surface area contributed by atoms with Crippen molar-refractivity contribution < 1.29 is 22.8 Å². The lowest BCUT2D eigenvalue weighted by Gasteiger charge is -2.24. The van der Waals surface area contributed by atoms with Crippen LogP contribution in [0.3, 0.4) is 0 Å². The molecular formula is C15H17F3N2O3. The Labute approximate surface area is 130 Å². The highest BCUT2D eigenvalue weighted by molar-refractivity contribution is 6.01. The number of aryl methyl sites for hydroxylation is 1. The largest absolute Gasteiger partial charge is 0.406 e. The van der Waals surface area contributed by atoms with E-state index in [-0.39, 0.29) is 17.9 Å². The molecular weight excluding hydrogens is 313 g/mol. The summed E-state index contributed by atoms with van der Waals surface area (Å²) in [6.07, 6.45) is -2.82. The van der Waals surface area contributed by atoms with Crippen LogP contribution in [-0.4, -0.2) is 40.8 Å². The minimum absolute atomic E-state index is 0.122. The summed E-state index contributed by atoms with van der Waals surface area (Å²) in [7, 11) is 0. The number of aromatic nitrogens is 1. The van der Waals surface area contributed by atoms with E-state index in [9.17, 15) is 27.6 Å². The first-order chi connectivity index (χ1) is 10.7. The quantitative estimate of drug-likeness (QED) is 0.921. The second-order valence-corrected chi connectivity index (χ2v) is 5.52. The molecule has 5 nitrogen and oxygen atoms in total. The van der Waals surface area contributed by atoms with Gasteiger partial charge in [-0.25, -0.2) is 0 Å². The molecule has 0 radical (unpaired) electrons. The van der Waals surface area contributed by atoms with E-state index < -0.39 is 29.8 Å². The fourth-order valence-corrected chi connectivity index (χ4v) is 2.64. The Hall–Kier alpha value is -2.12. The Morgan fingerprint density at radius 2 is 2.00 bits per heavy atom. The van der Waals surface area contributed by atoms with Crippen LogP contribution in [0.15, 0.2) is 10.9 Å². The number of fused-ring (bicyclic) bond motifs is 1. The molecule has 23 heavy (non-hydrogen) atoms. The van der Waals surface area contributed by atoms with Gasteiger partial charge in [-0.2, -0.15) is 13.2 Å². The van der Waals surface area contributed by atoms with Crippen molar-refractivity contribution in [3.63, 3.8) is 0 Å². The van der Waals surface area contributed by atoms with Gasteiger partial charge in [0, 0.05) is 24.2 Å². The van der Waals surface area contributed by atoms with Gasteiger partial charge in [0.25, 0.3) is 11.5 Å². The van der Waals surface area contributed by atoms with Gasteiger partial charge in [0.2, 0.25) is 0 Å². The van der Waals surface area contributed by atoms with E-state index in [2.05, 4.69) is 4.98 Å². The Bertz CT molecular complexity index is 680. The third kappa shape index (κ3) is 4.00. The third-order valence-corrected chi connectivity index (χ3v) is 3.64. The van der Waals surface area contributed by atoms with E-state index in [1.54, 1.807) is 6.92 Å². The average Bonchev–Trinajstić information content (AvgIpc) is 2.44. The zero-order valence-corrected chi connectivity index (χ0v) is 12.6. The topological polar surface area (TPSA) is 70.2 Å². The van der Waals surface area contributed by atoms with E-state index in [1.807, 2.05) is 0 Å². The number of H-pyrrole nitrogens is 1. The maximum absolute atomic E-state index is 12.6. The van der Waals surface area contributed by atoms with E-state index in [0.717, 1.165) is 6.07 Å². The number of hydrogen-bond donors (Lipinski definition) is 1. The molecule has 126 valence electrons. The number of rotatable bonds is 4. The molecule has 0 atom stereocenters. The number of nitrogens with one attached hydrogen (secondary N) is 1. The van der Waals surface area contributed by atoms with Gasteiger partial charge in [-0.1, -0.05) is 6.92 Å². The highest BCUT2D eigenvalue weighted by atomic mass is 19.4. The first-order valence-electron chi connectivity index (χ1n) is 7.38. The van der Waals surface area contributed by atoms with E-state index in [1.165, 1.54) is 0 Å². The van der Waals surface area contributed by atoms with Crippen molar-refractivity contribution in [2.45, 2.75) is 38.8 Å². The smallest absolute Gasteiger partial charge is 0.329 e.